The molecule has 0 fully saturated rings. The second-order valence-electron chi connectivity index (χ2n) is 5.85. The highest BCUT2D eigenvalue weighted by Gasteiger charge is 2.16. The lowest BCUT2D eigenvalue weighted by molar-refractivity contribution is -0.384. The number of benzene rings is 2. The molecule has 9 heteroatoms. The van der Waals surface area contributed by atoms with Gasteiger partial charge >= 0.3 is 0 Å². The predicted molar refractivity (Wildman–Crippen MR) is 97.4 cm³/mol. The molecule has 2 aromatic carbocycles. The van der Waals surface area contributed by atoms with E-state index in [9.17, 15) is 23.3 Å². The maximum Gasteiger partial charge on any atom is 0.269 e. The minimum atomic E-state index is -3.87. The van der Waals surface area contributed by atoms with E-state index >= 15 is 0 Å². The van der Waals surface area contributed by atoms with E-state index in [4.69, 9.17) is 0 Å². The average Bonchev–Trinajstić information content (AvgIpc) is 2.59. The number of rotatable bonds is 7. The maximum absolute atomic E-state index is 12.4. The Balaban J connectivity index is 2.12. The van der Waals surface area contributed by atoms with Crippen LogP contribution in [0.4, 0.5) is 11.4 Å². The topological polar surface area (TPSA) is 110 Å². The molecule has 0 aliphatic carbocycles. The minimum absolute atomic E-state index is 0.0122. The van der Waals surface area contributed by atoms with Crippen LogP contribution >= 0.6 is 0 Å². The van der Waals surface area contributed by atoms with Gasteiger partial charge in [0.25, 0.3) is 15.7 Å². The molecule has 2 aromatic rings. The van der Waals surface area contributed by atoms with E-state index in [1.54, 1.807) is 32.3 Å². The van der Waals surface area contributed by atoms with Crippen LogP contribution in [0.3, 0.4) is 0 Å². The molecule has 0 spiro atoms. The second kappa shape index (κ2) is 7.96. The number of hydrogen-bond donors (Lipinski definition) is 1. The molecule has 1 N–H and O–H groups in total. The quantitative estimate of drug-likeness (QED) is 0.589. The standard InChI is InChI=1S/C17H19N3O5S/c1-19(2)17(21)11-6-13-4-3-5-14(12-13)18-26(24,25)16-9-7-15(8-10-16)20(22)23/h3-5,7-10,12,18H,6,11H2,1-2H3. The summed E-state index contributed by atoms with van der Waals surface area (Å²) in [4.78, 5) is 23.1. The van der Waals surface area contributed by atoms with Crippen LogP contribution in [0.5, 0.6) is 0 Å². The molecule has 0 saturated carbocycles. The zero-order valence-corrected chi connectivity index (χ0v) is 15.2. The van der Waals surface area contributed by atoms with E-state index in [1.165, 1.54) is 17.0 Å². The minimum Gasteiger partial charge on any atom is -0.349 e. The Hall–Kier alpha value is -2.94. The van der Waals surface area contributed by atoms with E-state index in [0.717, 1.165) is 17.7 Å². The summed E-state index contributed by atoms with van der Waals surface area (Å²) in [7, 11) is -0.510. The first-order valence-electron chi connectivity index (χ1n) is 7.75. The van der Waals surface area contributed by atoms with Gasteiger partial charge in [0.2, 0.25) is 5.91 Å². The summed E-state index contributed by atoms with van der Waals surface area (Å²) >= 11 is 0. The largest absolute Gasteiger partial charge is 0.349 e. The van der Waals surface area contributed by atoms with Crippen LogP contribution in [0, 0.1) is 10.1 Å². The predicted octanol–water partition coefficient (Wildman–Crippen LogP) is 2.42. The summed E-state index contributed by atoms with van der Waals surface area (Å²) in [6.07, 6.45) is 0.815. The number of aryl methyl sites for hydroxylation is 1. The van der Waals surface area contributed by atoms with E-state index in [0.29, 0.717) is 18.5 Å². The third-order valence-corrected chi connectivity index (χ3v) is 5.06. The molecule has 1 amide bonds. The molecule has 26 heavy (non-hydrogen) atoms. The molecule has 0 saturated heterocycles. The fraction of sp³-hybridized carbons (Fsp3) is 0.235. The Bertz CT molecular complexity index is 908. The second-order valence-corrected chi connectivity index (χ2v) is 7.53. The van der Waals surface area contributed by atoms with Gasteiger partial charge in [-0.25, -0.2) is 8.42 Å². The molecule has 0 unspecified atom stereocenters. The van der Waals surface area contributed by atoms with Crippen molar-refractivity contribution in [3.63, 3.8) is 0 Å². The average molecular weight is 377 g/mol. The number of anilines is 1. The van der Waals surface area contributed by atoms with Gasteiger partial charge in [0.15, 0.2) is 0 Å². The van der Waals surface area contributed by atoms with Gasteiger partial charge in [0.05, 0.1) is 9.82 Å². The number of nitrogens with one attached hydrogen (secondary N) is 1. The van der Waals surface area contributed by atoms with Crippen LogP contribution in [0.2, 0.25) is 0 Å². The lowest BCUT2D eigenvalue weighted by atomic mass is 10.1. The summed E-state index contributed by atoms with van der Waals surface area (Å²) in [6, 6.07) is 11.4. The van der Waals surface area contributed by atoms with Gasteiger partial charge in [-0.2, -0.15) is 0 Å². The number of carbonyl (C=O) groups excluding carboxylic acids is 1. The Morgan fingerprint density at radius 2 is 1.81 bits per heavy atom. The number of amides is 1. The van der Waals surface area contributed by atoms with Gasteiger partial charge in [-0.3, -0.25) is 19.6 Å². The normalized spacial score (nSPS) is 11.0. The fourth-order valence-corrected chi connectivity index (χ4v) is 3.28. The van der Waals surface area contributed by atoms with Gasteiger partial charge < -0.3 is 4.90 Å². The molecule has 138 valence electrons. The Labute approximate surface area is 151 Å². The lowest BCUT2D eigenvalue weighted by Crippen LogP contribution is -2.21. The SMILES string of the molecule is CN(C)C(=O)CCc1cccc(NS(=O)(=O)c2ccc([N+](=O)[O-])cc2)c1. The highest BCUT2D eigenvalue weighted by atomic mass is 32.2. The van der Waals surface area contributed by atoms with Crippen LogP contribution in [-0.4, -0.2) is 38.2 Å². The van der Waals surface area contributed by atoms with E-state index < -0.39 is 14.9 Å². The number of carbonyl (C=O) groups is 1. The van der Waals surface area contributed by atoms with E-state index in [-0.39, 0.29) is 16.5 Å². The van der Waals surface area contributed by atoms with Crippen molar-refractivity contribution in [2.45, 2.75) is 17.7 Å². The molecule has 8 nitrogen and oxygen atoms in total. The third kappa shape index (κ3) is 5.03. The summed E-state index contributed by atoms with van der Waals surface area (Å²) in [6.45, 7) is 0. The lowest BCUT2D eigenvalue weighted by Gasteiger charge is -2.11. The molecular formula is C17H19N3O5S. The highest BCUT2D eigenvalue weighted by molar-refractivity contribution is 7.92. The van der Waals surface area contributed by atoms with Crippen molar-refractivity contribution >= 4 is 27.3 Å². The molecule has 0 radical (unpaired) electrons. The number of non-ortho nitro benzene ring substituents is 1. The van der Waals surface area contributed by atoms with Crippen LogP contribution in [0.25, 0.3) is 0 Å². The molecule has 0 aromatic heterocycles. The number of sulfonamides is 1. The summed E-state index contributed by atoms with van der Waals surface area (Å²) in [5, 5.41) is 10.7. The van der Waals surface area contributed by atoms with E-state index in [1.807, 2.05) is 6.07 Å². The summed E-state index contributed by atoms with van der Waals surface area (Å²) < 4.78 is 27.3. The number of hydrogen-bond acceptors (Lipinski definition) is 5. The van der Waals surface area contributed by atoms with E-state index in [2.05, 4.69) is 4.72 Å². The molecule has 2 rings (SSSR count). The van der Waals surface area contributed by atoms with Gasteiger partial charge in [-0.1, -0.05) is 12.1 Å². The molecule has 0 aliphatic heterocycles. The molecule has 0 atom stereocenters. The Kier molecular flexibility index (Phi) is 5.93. The first kappa shape index (κ1) is 19.4. The molecule has 0 bridgehead atoms. The third-order valence-electron chi connectivity index (χ3n) is 3.66. The summed E-state index contributed by atoms with van der Waals surface area (Å²) in [5.74, 6) is -0.0122. The van der Waals surface area contributed by atoms with Gasteiger partial charge in [0, 0.05) is 38.3 Å². The van der Waals surface area contributed by atoms with Crippen LogP contribution in [0.1, 0.15) is 12.0 Å². The molecule has 0 aliphatic rings. The zero-order chi connectivity index (χ0) is 19.3. The van der Waals surface area contributed by atoms with Crippen LogP contribution in [-0.2, 0) is 21.2 Å². The van der Waals surface area contributed by atoms with Gasteiger partial charge in [0.1, 0.15) is 0 Å². The fourth-order valence-electron chi connectivity index (χ4n) is 2.23. The van der Waals surface area contributed by atoms with Crippen molar-refractivity contribution in [2.24, 2.45) is 0 Å². The van der Waals surface area contributed by atoms with Crippen LogP contribution < -0.4 is 4.72 Å². The van der Waals surface area contributed by atoms with Crippen molar-refractivity contribution < 1.29 is 18.1 Å². The smallest absolute Gasteiger partial charge is 0.269 e. The first-order chi connectivity index (χ1) is 12.2. The van der Waals surface area contributed by atoms with Gasteiger partial charge in [-0.15, -0.1) is 0 Å². The van der Waals surface area contributed by atoms with Crippen molar-refractivity contribution in [1.29, 1.82) is 0 Å². The Morgan fingerprint density at radius 3 is 2.38 bits per heavy atom. The van der Waals surface area contributed by atoms with Crippen molar-refractivity contribution in [2.75, 3.05) is 18.8 Å². The summed E-state index contributed by atoms with van der Waals surface area (Å²) in [5.41, 5.74) is 0.999. The number of nitrogens with zero attached hydrogens (tertiary/aromatic N) is 2. The monoisotopic (exact) mass is 377 g/mol. The maximum atomic E-state index is 12.4. The van der Waals surface area contributed by atoms with Crippen LogP contribution in [0.15, 0.2) is 53.4 Å². The first-order valence-corrected chi connectivity index (χ1v) is 9.24. The molecular weight excluding hydrogens is 358 g/mol. The van der Waals surface area contributed by atoms with Crippen molar-refractivity contribution in [1.82, 2.24) is 4.90 Å². The molecule has 0 heterocycles. The highest BCUT2D eigenvalue weighted by Crippen LogP contribution is 2.20. The number of nitro groups is 1. The van der Waals surface area contributed by atoms with Gasteiger partial charge in [-0.05, 0) is 36.2 Å². The van der Waals surface area contributed by atoms with Crippen molar-refractivity contribution in [3.05, 3.63) is 64.2 Å². The number of nitro benzene ring substituents is 1. The van der Waals surface area contributed by atoms with Crippen molar-refractivity contribution in [3.8, 4) is 0 Å². The Morgan fingerprint density at radius 1 is 1.15 bits per heavy atom. The zero-order valence-electron chi connectivity index (χ0n) is 14.4.